The van der Waals surface area contributed by atoms with Crippen molar-refractivity contribution in [3.8, 4) is 0 Å². The highest BCUT2D eigenvalue weighted by Gasteiger charge is 2.14. The first-order valence-electron chi connectivity index (χ1n) is 6.08. The molecule has 2 aromatic rings. The van der Waals surface area contributed by atoms with Crippen LogP contribution in [0.1, 0.15) is 24.9 Å². The molecule has 0 fully saturated rings. The number of rotatable bonds is 5. The molecule has 0 saturated heterocycles. The highest BCUT2D eigenvalue weighted by Crippen LogP contribution is 2.22. The lowest BCUT2D eigenvalue weighted by Crippen LogP contribution is -2.30. The normalized spacial score (nSPS) is 14.6. The third kappa shape index (κ3) is 2.85. The zero-order valence-electron chi connectivity index (χ0n) is 10.8. The lowest BCUT2D eigenvalue weighted by molar-refractivity contribution is 0.100. The Bertz CT molecular complexity index is 515. The maximum Gasteiger partial charge on any atom is 0.0702 e. The van der Waals surface area contributed by atoms with Gasteiger partial charge in [-0.3, -0.25) is 16.3 Å². The average Bonchev–Trinajstić information content (AvgIpc) is 2.44. The fourth-order valence-corrected chi connectivity index (χ4v) is 2.04. The first-order valence-corrected chi connectivity index (χ1v) is 6.08. The second-order valence-electron chi connectivity index (χ2n) is 4.46. The number of nitrogens with one attached hydrogen (secondary N) is 1. The minimum Gasteiger partial charge on any atom is -0.382 e. The molecule has 18 heavy (non-hydrogen) atoms. The quantitative estimate of drug-likeness (QED) is 0.626. The number of nitrogens with zero attached hydrogens (tertiary/aromatic N) is 1. The van der Waals surface area contributed by atoms with Gasteiger partial charge in [0.2, 0.25) is 0 Å². The summed E-state index contributed by atoms with van der Waals surface area (Å²) in [5.74, 6) is 5.63. The molecule has 2 unspecified atom stereocenters. The van der Waals surface area contributed by atoms with Crippen LogP contribution in [0.2, 0.25) is 0 Å². The number of hydrazine groups is 1. The number of ether oxygens (including phenoxy) is 1. The van der Waals surface area contributed by atoms with Crippen molar-refractivity contribution < 1.29 is 4.74 Å². The van der Waals surface area contributed by atoms with Crippen molar-refractivity contribution >= 4 is 10.9 Å². The molecule has 2 atom stereocenters. The van der Waals surface area contributed by atoms with Crippen LogP contribution < -0.4 is 11.3 Å². The Morgan fingerprint density at radius 3 is 2.94 bits per heavy atom. The van der Waals surface area contributed by atoms with E-state index in [0.29, 0.717) is 0 Å². The van der Waals surface area contributed by atoms with E-state index < -0.39 is 0 Å². The Balaban J connectivity index is 2.27. The maximum atomic E-state index is 5.63. The molecule has 2 rings (SSSR count). The Hall–Kier alpha value is -1.49. The van der Waals surface area contributed by atoms with Crippen LogP contribution in [0.5, 0.6) is 0 Å². The number of methoxy groups -OCH3 is 1. The number of hydrogen-bond acceptors (Lipinski definition) is 4. The van der Waals surface area contributed by atoms with E-state index in [4.69, 9.17) is 10.6 Å². The molecule has 1 aromatic carbocycles. The maximum absolute atomic E-state index is 5.63. The van der Waals surface area contributed by atoms with Gasteiger partial charge in [-0.1, -0.05) is 12.1 Å². The number of pyridine rings is 1. The Labute approximate surface area is 107 Å². The molecule has 0 radical (unpaired) electrons. The summed E-state index contributed by atoms with van der Waals surface area (Å²) in [6.45, 7) is 2.03. The number of hydrogen-bond donors (Lipinski definition) is 2. The first kappa shape index (κ1) is 13.0. The second kappa shape index (κ2) is 5.91. The number of fused-ring (bicyclic) bond motifs is 1. The molecule has 4 heteroatoms. The van der Waals surface area contributed by atoms with E-state index in [1.54, 1.807) is 13.3 Å². The predicted molar refractivity (Wildman–Crippen MR) is 72.9 cm³/mol. The van der Waals surface area contributed by atoms with Gasteiger partial charge in [0, 0.05) is 24.7 Å². The van der Waals surface area contributed by atoms with E-state index in [1.165, 1.54) is 0 Å². The zero-order chi connectivity index (χ0) is 13.0. The molecular weight excluding hydrogens is 226 g/mol. The van der Waals surface area contributed by atoms with Crippen molar-refractivity contribution in [3.63, 3.8) is 0 Å². The largest absolute Gasteiger partial charge is 0.382 e. The van der Waals surface area contributed by atoms with Gasteiger partial charge in [0.15, 0.2) is 0 Å². The predicted octanol–water partition coefficient (Wildman–Crippen LogP) is 2.16. The van der Waals surface area contributed by atoms with Crippen molar-refractivity contribution in [1.29, 1.82) is 0 Å². The van der Waals surface area contributed by atoms with Gasteiger partial charge in [0.05, 0.1) is 11.6 Å². The van der Waals surface area contributed by atoms with Crippen LogP contribution in [0.4, 0.5) is 0 Å². The summed E-state index contributed by atoms with van der Waals surface area (Å²) in [6.07, 6.45) is 2.79. The molecule has 0 bridgehead atoms. The lowest BCUT2D eigenvalue weighted by Gasteiger charge is -2.20. The van der Waals surface area contributed by atoms with Gasteiger partial charge in [-0.2, -0.15) is 0 Å². The molecule has 0 aliphatic carbocycles. The molecule has 0 saturated carbocycles. The SMILES string of the molecule is COC(C)CC(NN)c1ccc2ncccc2c1. The summed E-state index contributed by atoms with van der Waals surface area (Å²) < 4.78 is 5.28. The van der Waals surface area contributed by atoms with Crippen LogP contribution in [0.3, 0.4) is 0 Å². The fourth-order valence-electron chi connectivity index (χ4n) is 2.04. The van der Waals surface area contributed by atoms with Gasteiger partial charge in [-0.05, 0) is 37.1 Å². The van der Waals surface area contributed by atoms with Crippen molar-refractivity contribution in [2.75, 3.05) is 7.11 Å². The Kier molecular flexibility index (Phi) is 4.25. The summed E-state index contributed by atoms with van der Waals surface area (Å²) >= 11 is 0. The standard InChI is InChI=1S/C14H19N3O/c1-10(18-2)8-14(17-15)12-5-6-13-11(9-12)4-3-7-16-13/h3-7,9-10,14,17H,8,15H2,1-2H3. The summed E-state index contributed by atoms with van der Waals surface area (Å²) in [6, 6.07) is 10.3. The van der Waals surface area contributed by atoms with Gasteiger partial charge in [0.25, 0.3) is 0 Å². The van der Waals surface area contributed by atoms with Crippen LogP contribution in [-0.2, 0) is 4.74 Å². The third-order valence-corrected chi connectivity index (χ3v) is 3.20. The van der Waals surface area contributed by atoms with E-state index in [1.807, 2.05) is 19.1 Å². The van der Waals surface area contributed by atoms with Gasteiger partial charge in [0.1, 0.15) is 0 Å². The summed E-state index contributed by atoms with van der Waals surface area (Å²) in [5.41, 5.74) is 5.00. The molecule has 0 aliphatic heterocycles. The second-order valence-corrected chi connectivity index (χ2v) is 4.46. The highest BCUT2D eigenvalue weighted by molar-refractivity contribution is 5.79. The van der Waals surface area contributed by atoms with E-state index in [2.05, 4.69) is 28.6 Å². The molecule has 3 N–H and O–H groups in total. The van der Waals surface area contributed by atoms with E-state index >= 15 is 0 Å². The van der Waals surface area contributed by atoms with Gasteiger partial charge >= 0.3 is 0 Å². The van der Waals surface area contributed by atoms with Gasteiger partial charge < -0.3 is 4.74 Å². The molecule has 1 heterocycles. The summed E-state index contributed by atoms with van der Waals surface area (Å²) in [5, 5.41) is 1.13. The topological polar surface area (TPSA) is 60.2 Å². The van der Waals surface area contributed by atoms with E-state index in [-0.39, 0.29) is 12.1 Å². The smallest absolute Gasteiger partial charge is 0.0702 e. The molecule has 0 amide bonds. The molecular formula is C14H19N3O. The van der Waals surface area contributed by atoms with Crippen molar-refractivity contribution in [2.24, 2.45) is 5.84 Å². The fraction of sp³-hybridized carbons (Fsp3) is 0.357. The first-order chi connectivity index (χ1) is 8.74. The number of aromatic nitrogens is 1. The molecule has 0 spiro atoms. The Morgan fingerprint density at radius 1 is 1.39 bits per heavy atom. The van der Waals surface area contributed by atoms with Crippen LogP contribution in [-0.4, -0.2) is 18.2 Å². The van der Waals surface area contributed by atoms with Crippen LogP contribution in [0.15, 0.2) is 36.5 Å². The van der Waals surface area contributed by atoms with Crippen molar-refractivity contribution in [1.82, 2.24) is 10.4 Å². The zero-order valence-corrected chi connectivity index (χ0v) is 10.8. The monoisotopic (exact) mass is 245 g/mol. The van der Waals surface area contributed by atoms with E-state index in [0.717, 1.165) is 22.9 Å². The van der Waals surface area contributed by atoms with Gasteiger partial charge in [-0.15, -0.1) is 0 Å². The summed E-state index contributed by atoms with van der Waals surface area (Å²) in [7, 11) is 1.71. The molecule has 0 aliphatic rings. The van der Waals surface area contributed by atoms with Crippen LogP contribution >= 0.6 is 0 Å². The van der Waals surface area contributed by atoms with Crippen LogP contribution in [0, 0.1) is 0 Å². The van der Waals surface area contributed by atoms with E-state index in [9.17, 15) is 0 Å². The number of nitrogens with two attached hydrogens (primary N) is 1. The van der Waals surface area contributed by atoms with Crippen LogP contribution in [0.25, 0.3) is 10.9 Å². The third-order valence-electron chi connectivity index (χ3n) is 3.20. The summed E-state index contributed by atoms with van der Waals surface area (Å²) in [4.78, 5) is 4.31. The lowest BCUT2D eigenvalue weighted by atomic mass is 10.00. The number of benzene rings is 1. The minimum absolute atomic E-state index is 0.0876. The molecule has 4 nitrogen and oxygen atoms in total. The Morgan fingerprint density at radius 2 is 2.22 bits per heavy atom. The highest BCUT2D eigenvalue weighted by atomic mass is 16.5. The molecule has 96 valence electrons. The van der Waals surface area contributed by atoms with Crippen molar-refractivity contribution in [2.45, 2.75) is 25.5 Å². The molecule has 1 aromatic heterocycles. The van der Waals surface area contributed by atoms with Gasteiger partial charge in [-0.25, -0.2) is 0 Å². The van der Waals surface area contributed by atoms with Crippen molar-refractivity contribution in [3.05, 3.63) is 42.1 Å². The average molecular weight is 245 g/mol. The minimum atomic E-state index is 0.0876.